The lowest BCUT2D eigenvalue weighted by molar-refractivity contribution is -0.118. The molecule has 29 heavy (non-hydrogen) atoms. The standard InChI is InChI=1S/C21H21BrCl2N2O3/c22-17-10-14(23)11-18(24)20(17)29-12-19(27)25-16-8-4-5-13(9-16)21(28)26-15-6-2-1-3-7-15/h4-5,8-11,15H,1-3,6-7,12H2,(H,25,27)(H,26,28). The molecule has 1 aliphatic carbocycles. The van der Waals surface area contributed by atoms with E-state index in [4.69, 9.17) is 27.9 Å². The SMILES string of the molecule is O=C(COc1c(Cl)cc(Cl)cc1Br)Nc1cccc(C(=O)NC2CCCCC2)c1. The first-order chi connectivity index (χ1) is 13.9. The molecule has 2 N–H and O–H groups in total. The van der Waals surface area contributed by atoms with Crippen LogP contribution in [0, 0.1) is 0 Å². The van der Waals surface area contributed by atoms with Gasteiger partial charge in [0.25, 0.3) is 11.8 Å². The highest BCUT2D eigenvalue weighted by Crippen LogP contribution is 2.36. The maximum absolute atomic E-state index is 12.5. The zero-order chi connectivity index (χ0) is 20.8. The van der Waals surface area contributed by atoms with Crippen molar-refractivity contribution in [3.8, 4) is 5.75 Å². The van der Waals surface area contributed by atoms with Gasteiger partial charge in [-0.05, 0) is 59.1 Å². The van der Waals surface area contributed by atoms with E-state index in [1.807, 2.05) is 0 Å². The lowest BCUT2D eigenvalue weighted by Crippen LogP contribution is -2.36. The summed E-state index contributed by atoms with van der Waals surface area (Å²) in [6, 6.07) is 10.2. The fourth-order valence-corrected chi connectivity index (χ4v) is 4.62. The molecule has 1 saturated carbocycles. The number of rotatable bonds is 6. The summed E-state index contributed by atoms with van der Waals surface area (Å²) >= 11 is 15.3. The first-order valence-electron chi connectivity index (χ1n) is 9.40. The second-order valence-corrected chi connectivity index (χ2v) is 8.62. The van der Waals surface area contributed by atoms with Crippen molar-refractivity contribution in [2.75, 3.05) is 11.9 Å². The lowest BCUT2D eigenvalue weighted by atomic mass is 9.95. The van der Waals surface area contributed by atoms with Crippen molar-refractivity contribution < 1.29 is 14.3 Å². The number of hydrogen-bond acceptors (Lipinski definition) is 3. The molecule has 154 valence electrons. The van der Waals surface area contributed by atoms with Gasteiger partial charge >= 0.3 is 0 Å². The van der Waals surface area contributed by atoms with Gasteiger partial charge in [0.05, 0.1) is 9.50 Å². The summed E-state index contributed by atoms with van der Waals surface area (Å²) in [7, 11) is 0. The van der Waals surface area contributed by atoms with Gasteiger partial charge in [-0.15, -0.1) is 0 Å². The monoisotopic (exact) mass is 498 g/mol. The summed E-state index contributed by atoms with van der Waals surface area (Å²) in [4.78, 5) is 24.7. The molecular formula is C21H21BrCl2N2O3. The Morgan fingerprint density at radius 2 is 1.86 bits per heavy atom. The molecule has 1 aliphatic rings. The number of amides is 2. The van der Waals surface area contributed by atoms with Crippen LogP contribution in [-0.2, 0) is 4.79 Å². The molecule has 5 nitrogen and oxygen atoms in total. The molecule has 2 aromatic rings. The second-order valence-electron chi connectivity index (χ2n) is 6.92. The number of ether oxygens (including phenoxy) is 1. The van der Waals surface area contributed by atoms with Crippen LogP contribution in [0.1, 0.15) is 42.5 Å². The van der Waals surface area contributed by atoms with E-state index < -0.39 is 0 Å². The van der Waals surface area contributed by atoms with Gasteiger partial charge in [0, 0.05) is 22.3 Å². The molecule has 0 atom stereocenters. The van der Waals surface area contributed by atoms with Crippen LogP contribution in [0.5, 0.6) is 5.75 Å². The largest absolute Gasteiger partial charge is 0.481 e. The topological polar surface area (TPSA) is 67.4 Å². The smallest absolute Gasteiger partial charge is 0.262 e. The number of anilines is 1. The average Bonchev–Trinajstić information content (AvgIpc) is 2.68. The lowest BCUT2D eigenvalue weighted by Gasteiger charge is -2.22. The predicted octanol–water partition coefficient (Wildman–Crippen LogP) is 5.84. The summed E-state index contributed by atoms with van der Waals surface area (Å²) in [5.41, 5.74) is 1.04. The maximum atomic E-state index is 12.5. The summed E-state index contributed by atoms with van der Waals surface area (Å²) in [5, 5.41) is 6.57. The van der Waals surface area contributed by atoms with Crippen LogP contribution in [0.15, 0.2) is 40.9 Å². The van der Waals surface area contributed by atoms with Crippen molar-refractivity contribution in [2.45, 2.75) is 38.1 Å². The van der Waals surface area contributed by atoms with Crippen LogP contribution in [0.25, 0.3) is 0 Å². The Balaban J connectivity index is 1.57. The molecule has 0 aliphatic heterocycles. The minimum atomic E-state index is -0.368. The van der Waals surface area contributed by atoms with Crippen LogP contribution in [-0.4, -0.2) is 24.5 Å². The first kappa shape index (κ1) is 21.9. The average molecular weight is 500 g/mol. The predicted molar refractivity (Wildman–Crippen MR) is 119 cm³/mol. The van der Waals surface area contributed by atoms with Crippen LogP contribution in [0.3, 0.4) is 0 Å². The summed E-state index contributed by atoms with van der Waals surface area (Å²) in [6.45, 7) is -0.238. The summed E-state index contributed by atoms with van der Waals surface area (Å²) in [5.74, 6) is -0.152. The van der Waals surface area contributed by atoms with Gasteiger partial charge < -0.3 is 15.4 Å². The molecule has 0 bridgehead atoms. The zero-order valence-electron chi connectivity index (χ0n) is 15.6. The van der Waals surface area contributed by atoms with Crippen molar-refractivity contribution in [3.63, 3.8) is 0 Å². The van der Waals surface area contributed by atoms with E-state index in [9.17, 15) is 9.59 Å². The Labute approximate surface area is 188 Å². The van der Waals surface area contributed by atoms with Gasteiger partial charge in [-0.2, -0.15) is 0 Å². The molecule has 8 heteroatoms. The zero-order valence-corrected chi connectivity index (χ0v) is 18.7. The molecule has 0 heterocycles. The van der Waals surface area contributed by atoms with E-state index in [2.05, 4.69) is 26.6 Å². The van der Waals surface area contributed by atoms with E-state index >= 15 is 0 Å². The van der Waals surface area contributed by atoms with E-state index in [1.165, 1.54) is 12.5 Å². The van der Waals surface area contributed by atoms with Gasteiger partial charge in [0.2, 0.25) is 0 Å². The molecule has 0 aromatic heterocycles. The van der Waals surface area contributed by atoms with E-state index in [-0.39, 0.29) is 24.5 Å². The molecule has 2 aromatic carbocycles. The normalized spacial score (nSPS) is 14.3. The van der Waals surface area contributed by atoms with E-state index in [0.29, 0.717) is 31.5 Å². The number of hydrogen-bond donors (Lipinski definition) is 2. The highest BCUT2D eigenvalue weighted by atomic mass is 79.9. The van der Waals surface area contributed by atoms with Crippen LogP contribution < -0.4 is 15.4 Å². The summed E-state index contributed by atoms with van der Waals surface area (Å²) in [6.07, 6.45) is 5.56. The Morgan fingerprint density at radius 3 is 2.59 bits per heavy atom. The third-order valence-electron chi connectivity index (χ3n) is 4.66. The molecule has 0 saturated heterocycles. The third-order valence-corrected chi connectivity index (χ3v) is 5.75. The minimum Gasteiger partial charge on any atom is -0.481 e. The number of carbonyl (C=O) groups excluding carboxylic acids is 2. The first-order valence-corrected chi connectivity index (χ1v) is 11.0. The van der Waals surface area contributed by atoms with Gasteiger partial charge in [-0.3, -0.25) is 9.59 Å². The number of carbonyl (C=O) groups is 2. The molecule has 0 unspecified atom stereocenters. The molecular weight excluding hydrogens is 479 g/mol. The van der Waals surface area contributed by atoms with E-state index in [0.717, 1.165) is 25.7 Å². The molecule has 0 radical (unpaired) electrons. The van der Waals surface area contributed by atoms with Gasteiger partial charge in [0.15, 0.2) is 12.4 Å². The van der Waals surface area contributed by atoms with Crippen molar-refractivity contribution in [2.24, 2.45) is 0 Å². The van der Waals surface area contributed by atoms with Crippen molar-refractivity contribution in [1.29, 1.82) is 0 Å². The highest BCUT2D eigenvalue weighted by Gasteiger charge is 2.17. The fourth-order valence-electron chi connectivity index (χ4n) is 3.26. The van der Waals surface area contributed by atoms with E-state index in [1.54, 1.807) is 30.3 Å². The van der Waals surface area contributed by atoms with Crippen molar-refractivity contribution in [1.82, 2.24) is 5.32 Å². The maximum Gasteiger partial charge on any atom is 0.262 e. The van der Waals surface area contributed by atoms with Gasteiger partial charge in [-0.1, -0.05) is 48.5 Å². The third kappa shape index (κ3) is 6.36. The van der Waals surface area contributed by atoms with Crippen molar-refractivity contribution in [3.05, 3.63) is 56.5 Å². The van der Waals surface area contributed by atoms with Crippen LogP contribution in [0.2, 0.25) is 10.0 Å². The number of halogens is 3. The Bertz CT molecular complexity index is 878. The van der Waals surface area contributed by atoms with Crippen molar-refractivity contribution >= 4 is 56.6 Å². The Kier molecular flexibility index (Phi) is 7.81. The van der Waals surface area contributed by atoms with Crippen LogP contribution >= 0.6 is 39.1 Å². The molecule has 2 amide bonds. The van der Waals surface area contributed by atoms with Gasteiger partial charge in [0.1, 0.15) is 0 Å². The minimum absolute atomic E-state index is 0.124. The molecule has 3 rings (SSSR count). The number of nitrogens with one attached hydrogen (secondary N) is 2. The summed E-state index contributed by atoms with van der Waals surface area (Å²) < 4.78 is 6.07. The fraction of sp³-hybridized carbons (Fsp3) is 0.333. The quantitative estimate of drug-likeness (QED) is 0.524. The molecule has 1 fully saturated rings. The second kappa shape index (κ2) is 10.3. The van der Waals surface area contributed by atoms with Crippen LogP contribution in [0.4, 0.5) is 5.69 Å². The van der Waals surface area contributed by atoms with Gasteiger partial charge in [-0.25, -0.2) is 0 Å². The number of benzene rings is 2. The Hall–Kier alpha value is -1.76. The highest BCUT2D eigenvalue weighted by molar-refractivity contribution is 9.10. The Morgan fingerprint density at radius 1 is 1.10 bits per heavy atom. The molecule has 0 spiro atoms.